The maximum atomic E-state index is 11.6. The number of ether oxygens (including phenoxy) is 1. The summed E-state index contributed by atoms with van der Waals surface area (Å²) in [5, 5.41) is 16.3. The minimum Gasteiger partial charge on any atom is -0.540 e. The number of hydrogen-bond donors (Lipinski definition) is 2. The Morgan fingerprint density at radius 3 is 2.64 bits per heavy atom. The molecule has 0 aliphatic rings. The van der Waals surface area contributed by atoms with Crippen molar-refractivity contribution in [2.24, 2.45) is 5.16 Å². The number of anilines is 1. The first kappa shape index (κ1) is 20.2. The highest BCUT2D eigenvalue weighted by Gasteiger charge is 2.20. The van der Waals surface area contributed by atoms with E-state index in [0.29, 0.717) is 0 Å². The van der Waals surface area contributed by atoms with E-state index in [9.17, 15) is 14.4 Å². The Morgan fingerprint density at radius 2 is 2.08 bits per heavy atom. The van der Waals surface area contributed by atoms with Crippen molar-refractivity contribution in [3.8, 4) is 0 Å². The molecule has 0 bridgehead atoms. The average molecular weight is 367 g/mol. The van der Waals surface area contributed by atoms with E-state index < -0.39 is 29.3 Å². The fourth-order valence-electron chi connectivity index (χ4n) is 1.23. The van der Waals surface area contributed by atoms with Crippen molar-refractivity contribution in [2.75, 3.05) is 5.32 Å². The number of nitrogens with one attached hydrogen (secondary N) is 1. The van der Waals surface area contributed by atoms with Crippen LogP contribution in [0.4, 0.5) is 9.93 Å². The normalized spacial score (nSPS) is 11.9. The maximum absolute atomic E-state index is 11.6. The number of rotatable bonds is 6. The van der Waals surface area contributed by atoms with Gasteiger partial charge in [0.15, 0.2) is 5.13 Å². The summed E-state index contributed by atoms with van der Waals surface area (Å²) in [4.78, 5) is 42.1. The molecular formula is C13H14BN3O7S. The molecule has 0 atom stereocenters. The van der Waals surface area contributed by atoms with Gasteiger partial charge in [-0.15, -0.1) is 11.3 Å². The van der Waals surface area contributed by atoms with E-state index in [4.69, 9.17) is 9.84 Å². The van der Waals surface area contributed by atoms with Crippen LogP contribution in [0.1, 0.15) is 26.5 Å². The maximum Gasteiger partial charge on any atom is 0.413 e. The van der Waals surface area contributed by atoms with E-state index in [1.165, 1.54) is 5.38 Å². The molecule has 0 unspecified atom stereocenters. The number of aromatic nitrogens is 1. The Bertz CT molecular complexity index is 709. The molecular weight excluding hydrogens is 353 g/mol. The van der Waals surface area contributed by atoms with Gasteiger partial charge in [0.1, 0.15) is 17.6 Å². The SMILES string of the molecule is [B]OC(=O)/C=C/O/N=C(\C(=O)O)c1csc(NC(=O)OC(C)(C)C)n1. The summed E-state index contributed by atoms with van der Waals surface area (Å²) in [6.45, 7) is 5.08. The van der Waals surface area contributed by atoms with Gasteiger partial charge in [0.2, 0.25) is 5.71 Å². The van der Waals surface area contributed by atoms with Gasteiger partial charge in [-0.25, -0.2) is 19.4 Å². The molecule has 0 aliphatic carbocycles. The van der Waals surface area contributed by atoms with Crippen LogP contribution in [0.3, 0.4) is 0 Å². The predicted molar refractivity (Wildman–Crippen MR) is 88.2 cm³/mol. The Morgan fingerprint density at radius 1 is 1.40 bits per heavy atom. The van der Waals surface area contributed by atoms with Gasteiger partial charge in [-0.3, -0.25) is 5.32 Å². The van der Waals surface area contributed by atoms with Crippen molar-refractivity contribution in [3.05, 3.63) is 23.4 Å². The van der Waals surface area contributed by atoms with Crippen LogP contribution >= 0.6 is 11.3 Å². The van der Waals surface area contributed by atoms with Gasteiger partial charge >= 0.3 is 26.1 Å². The molecule has 0 spiro atoms. The van der Waals surface area contributed by atoms with Crippen LogP contribution < -0.4 is 5.32 Å². The molecule has 10 nitrogen and oxygen atoms in total. The number of carboxylic acids is 1. The highest BCUT2D eigenvalue weighted by Crippen LogP contribution is 2.18. The van der Waals surface area contributed by atoms with Crippen molar-refractivity contribution >= 4 is 48.3 Å². The first-order valence-electron chi connectivity index (χ1n) is 6.62. The standard InChI is InChI=1S/C13H14BN3O7S/c1-13(2,3)23-12(21)16-11-15-7(6-25-11)9(10(19)20)17-22-5-4-8(18)24-14/h4-6H,1-3H3,(H,19,20)(H,15,16,21)/b5-4+,17-9-. The second-order valence-corrected chi connectivity index (χ2v) is 6.11. The highest BCUT2D eigenvalue weighted by molar-refractivity contribution is 7.14. The Kier molecular flexibility index (Phi) is 7.12. The topological polar surface area (TPSA) is 136 Å². The molecule has 25 heavy (non-hydrogen) atoms. The lowest BCUT2D eigenvalue weighted by Gasteiger charge is -2.18. The number of oxime groups is 1. The van der Waals surface area contributed by atoms with Crippen LogP contribution in [0, 0.1) is 0 Å². The van der Waals surface area contributed by atoms with Gasteiger partial charge < -0.3 is 19.3 Å². The third-order valence-corrected chi connectivity index (χ3v) is 2.84. The number of thiazole rings is 1. The first-order chi connectivity index (χ1) is 11.6. The summed E-state index contributed by atoms with van der Waals surface area (Å²) in [7, 11) is 4.59. The minimum atomic E-state index is -1.43. The van der Waals surface area contributed by atoms with Crippen LogP contribution in [0.5, 0.6) is 0 Å². The Hall–Kier alpha value is -2.89. The van der Waals surface area contributed by atoms with E-state index in [0.717, 1.165) is 23.7 Å². The van der Waals surface area contributed by atoms with Crippen molar-refractivity contribution in [2.45, 2.75) is 26.4 Å². The van der Waals surface area contributed by atoms with E-state index in [1.54, 1.807) is 20.8 Å². The van der Waals surface area contributed by atoms with Crippen molar-refractivity contribution in [3.63, 3.8) is 0 Å². The molecule has 12 heteroatoms. The zero-order chi connectivity index (χ0) is 19.0. The van der Waals surface area contributed by atoms with Gasteiger partial charge in [0, 0.05) is 5.38 Å². The fraction of sp³-hybridized carbons (Fsp3) is 0.308. The largest absolute Gasteiger partial charge is 0.540 e. The molecule has 0 saturated heterocycles. The lowest BCUT2D eigenvalue weighted by molar-refractivity contribution is -0.129. The summed E-state index contributed by atoms with van der Waals surface area (Å²) in [6, 6.07) is 0. The van der Waals surface area contributed by atoms with E-state index in [1.807, 2.05) is 0 Å². The third kappa shape index (κ3) is 7.48. The molecule has 1 heterocycles. The quantitative estimate of drug-likeness (QED) is 0.253. The molecule has 1 aromatic rings. The first-order valence-corrected chi connectivity index (χ1v) is 7.50. The third-order valence-electron chi connectivity index (χ3n) is 2.08. The number of carbonyl (C=O) groups excluding carboxylic acids is 2. The van der Waals surface area contributed by atoms with Crippen LogP contribution in [-0.2, 0) is 23.8 Å². The van der Waals surface area contributed by atoms with Gasteiger partial charge in [-0.05, 0) is 20.8 Å². The molecule has 2 radical (unpaired) electrons. The number of hydrogen-bond acceptors (Lipinski definition) is 9. The van der Waals surface area contributed by atoms with Crippen molar-refractivity contribution in [1.29, 1.82) is 0 Å². The lowest BCUT2D eigenvalue weighted by Crippen LogP contribution is -2.27. The smallest absolute Gasteiger partial charge is 0.413 e. The number of amides is 1. The van der Waals surface area contributed by atoms with Gasteiger partial charge in [-0.2, -0.15) is 0 Å². The highest BCUT2D eigenvalue weighted by atomic mass is 32.1. The number of aliphatic carboxylic acids is 1. The molecule has 1 aromatic heterocycles. The van der Waals surface area contributed by atoms with Gasteiger partial charge in [-0.1, -0.05) is 5.16 Å². The van der Waals surface area contributed by atoms with Crippen LogP contribution in [-0.4, -0.2) is 47.5 Å². The Balaban J connectivity index is 2.81. The second kappa shape index (κ2) is 8.82. The average Bonchev–Trinajstić information content (AvgIpc) is 2.92. The predicted octanol–water partition coefficient (Wildman–Crippen LogP) is 1.44. The lowest BCUT2D eigenvalue weighted by atomic mass is 10.2. The number of carboxylic acid groups (broad SMARTS) is 1. The molecule has 1 rings (SSSR count). The molecule has 1 amide bonds. The number of nitrogens with zero attached hydrogens (tertiary/aromatic N) is 2. The fourth-order valence-corrected chi connectivity index (χ4v) is 1.92. The van der Waals surface area contributed by atoms with Gasteiger partial charge in [0.05, 0.1) is 6.08 Å². The van der Waals surface area contributed by atoms with Crippen LogP contribution in [0.2, 0.25) is 0 Å². The van der Waals surface area contributed by atoms with E-state index in [-0.39, 0.29) is 10.8 Å². The molecule has 0 aliphatic heterocycles. The zero-order valence-corrected chi connectivity index (χ0v) is 14.3. The molecule has 2 N–H and O–H groups in total. The summed E-state index contributed by atoms with van der Waals surface area (Å²) in [5.41, 5.74) is -1.29. The molecule has 0 fully saturated rings. The summed E-state index contributed by atoms with van der Waals surface area (Å²) in [6.07, 6.45) is 0.839. The monoisotopic (exact) mass is 367 g/mol. The van der Waals surface area contributed by atoms with E-state index >= 15 is 0 Å². The minimum absolute atomic E-state index is 0.0571. The van der Waals surface area contributed by atoms with E-state index in [2.05, 4.69) is 33.0 Å². The zero-order valence-electron chi connectivity index (χ0n) is 13.5. The summed E-state index contributed by atoms with van der Waals surface area (Å²) < 4.78 is 8.88. The molecule has 0 aromatic carbocycles. The van der Waals surface area contributed by atoms with Gasteiger partial charge in [0.25, 0.3) is 0 Å². The molecule has 132 valence electrons. The number of carbonyl (C=O) groups is 3. The van der Waals surface area contributed by atoms with Crippen molar-refractivity contribution < 1.29 is 33.7 Å². The summed E-state index contributed by atoms with van der Waals surface area (Å²) >= 11 is 0.966. The van der Waals surface area contributed by atoms with Crippen LogP contribution in [0.25, 0.3) is 0 Å². The second-order valence-electron chi connectivity index (χ2n) is 5.25. The Labute approximate surface area is 147 Å². The van der Waals surface area contributed by atoms with Crippen LogP contribution in [0.15, 0.2) is 22.9 Å². The molecule has 0 saturated carbocycles. The van der Waals surface area contributed by atoms with Crippen molar-refractivity contribution in [1.82, 2.24) is 4.98 Å². The summed E-state index contributed by atoms with van der Waals surface area (Å²) in [5.74, 6) is -2.34.